The fourth-order valence-corrected chi connectivity index (χ4v) is 2.73. The largest absolute Gasteiger partial charge is 0.506 e. The van der Waals surface area contributed by atoms with Crippen LogP contribution in [0.2, 0.25) is 5.02 Å². The van der Waals surface area contributed by atoms with E-state index < -0.39 is 5.97 Å². The van der Waals surface area contributed by atoms with Crippen LogP contribution in [0.3, 0.4) is 0 Å². The third-order valence-corrected chi connectivity index (χ3v) is 3.67. The summed E-state index contributed by atoms with van der Waals surface area (Å²) in [5, 5.41) is 14.0. The van der Waals surface area contributed by atoms with Crippen molar-refractivity contribution in [2.75, 3.05) is 6.61 Å². The van der Waals surface area contributed by atoms with Gasteiger partial charge in [0.2, 0.25) is 0 Å². The second-order valence-corrected chi connectivity index (χ2v) is 5.12. The van der Waals surface area contributed by atoms with Gasteiger partial charge in [-0.2, -0.15) is 0 Å². The first-order chi connectivity index (χ1) is 10.1. The SMILES string of the molecule is CCOC(=O)c1c(O)c2cc(Cl)ccc2c2ccccc12. The van der Waals surface area contributed by atoms with Crippen molar-refractivity contribution < 1.29 is 14.6 Å². The normalized spacial score (nSPS) is 11.0. The number of phenols is 1. The van der Waals surface area contributed by atoms with Crippen molar-refractivity contribution in [1.82, 2.24) is 0 Å². The Morgan fingerprint density at radius 2 is 1.76 bits per heavy atom. The Bertz CT molecular complexity index is 855. The minimum atomic E-state index is -0.534. The number of carbonyl (C=O) groups excluding carboxylic acids is 1. The summed E-state index contributed by atoms with van der Waals surface area (Å²) < 4.78 is 5.06. The molecule has 0 aliphatic rings. The molecule has 0 saturated carbocycles. The summed E-state index contributed by atoms with van der Waals surface area (Å²) in [4.78, 5) is 12.2. The maximum absolute atomic E-state index is 12.2. The van der Waals surface area contributed by atoms with Gasteiger partial charge in [-0.05, 0) is 29.8 Å². The summed E-state index contributed by atoms with van der Waals surface area (Å²) in [7, 11) is 0. The standard InChI is InChI=1S/C17H13ClO3/c1-2-21-17(20)15-13-6-4-3-5-11(13)12-8-7-10(18)9-14(12)16(15)19/h3-9,19H,2H2,1H3. The zero-order valence-corrected chi connectivity index (χ0v) is 12.1. The van der Waals surface area contributed by atoms with Crippen molar-refractivity contribution in [2.24, 2.45) is 0 Å². The van der Waals surface area contributed by atoms with Crippen LogP contribution >= 0.6 is 11.6 Å². The van der Waals surface area contributed by atoms with E-state index >= 15 is 0 Å². The third kappa shape index (κ3) is 2.20. The molecule has 0 saturated heterocycles. The summed E-state index contributed by atoms with van der Waals surface area (Å²) in [6.45, 7) is 1.98. The Labute approximate surface area is 126 Å². The summed E-state index contributed by atoms with van der Waals surface area (Å²) >= 11 is 6.01. The van der Waals surface area contributed by atoms with Crippen molar-refractivity contribution in [3.8, 4) is 5.75 Å². The van der Waals surface area contributed by atoms with Crippen LogP contribution in [0.1, 0.15) is 17.3 Å². The van der Waals surface area contributed by atoms with Crippen molar-refractivity contribution in [3.63, 3.8) is 0 Å². The zero-order chi connectivity index (χ0) is 15.0. The number of hydrogen-bond donors (Lipinski definition) is 1. The first kappa shape index (κ1) is 13.7. The molecule has 0 heterocycles. The monoisotopic (exact) mass is 300 g/mol. The van der Waals surface area contributed by atoms with Crippen LogP contribution in [0.25, 0.3) is 21.5 Å². The van der Waals surface area contributed by atoms with Crippen LogP contribution in [0.5, 0.6) is 5.75 Å². The molecule has 0 aromatic heterocycles. The highest BCUT2D eigenvalue weighted by Crippen LogP contribution is 2.38. The van der Waals surface area contributed by atoms with Gasteiger partial charge >= 0.3 is 5.97 Å². The van der Waals surface area contributed by atoms with Crippen LogP contribution in [0, 0.1) is 0 Å². The molecule has 0 amide bonds. The Morgan fingerprint density at radius 1 is 1.10 bits per heavy atom. The number of aromatic hydroxyl groups is 1. The molecule has 0 radical (unpaired) electrons. The Kier molecular flexibility index (Phi) is 3.43. The molecule has 3 aromatic carbocycles. The second-order valence-electron chi connectivity index (χ2n) is 4.68. The summed E-state index contributed by atoms with van der Waals surface area (Å²) in [6, 6.07) is 12.7. The van der Waals surface area contributed by atoms with E-state index in [0.717, 1.165) is 10.8 Å². The number of carbonyl (C=O) groups is 1. The van der Waals surface area contributed by atoms with E-state index in [1.165, 1.54) is 0 Å². The molecule has 0 fully saturated rings. The quantitative estimate of drug-likeness (QED) is 0.559. The number of halogens is 1. The number of ether oxygens (including phenoxy) is 1. The van der Waals surface area contributed by atoms with Crippen LogP contribution in [0.4, 0.5) is 0 Å². The van der Waals surface area contributed by atoms with E-state index in [0.29, 0.717) is 15.8 Å². The molecular weight excluding hydrogens is 288 g/mol. The molecular formula is C17H13ClO3. The number of fused-ring (bicyclic) bond motifs is 3. The number of hydrogen-bond acceptors (Lipinski definition) is 3. The molecule has 1 N–H and O–H groups in total. The van der Waals surface area contributed by atoms with Crippen molar-refractivity contribution in [2.45, 2.75) is 6.92 Å². The Hall–Kier alpha value is -2.26. The summed E-state index contributed by atoms with van der Waals surface area (Å²) in [5.74, 6) is -0.627. The highest BCUT2D eigenvalue weighted by atomic mass is 35.5. The molecule has 3 rings (SSSR count). The number of phenolic OH excluding ortho intramolecular Hbond substituents is 1. The Balaban J connectivity index is 2.48. The molecule has 0 aliphatic heterocycles. The van der Waals surface area contributed by atoms with Gasteiger partial charge in [-0.25, -0.2) is 4.79 Å². The lowest BCUT2D eigenvalue weighted by Crippen LogP contribution is -2.06. The lowest BCUT2D eigenvalue weighted by molar-refractivity contribution is 0.0526. The highest BCUT2D eigenvalue weighted by Gasteiger charge is 2.20. The minimum absolute atomic E-state index is 0.0929. The van der Waals surface area contributed by atoms with Gasteiger partial charge in [0.15, 0.2) is 0 Å². The first-order valence-electron chi connectivity index (χ1n) is 6.63. The molecule has 4 heteroatoms. The minimum Gasteiger partial charge on any atom is -0.506 e. The van der Waals surface area contributed by atoms with Gasteiger partial charge in [-0.3, -0.25) is 0 Å². The van der Waals surface area contributed by atoms with Crippen molar-refractivity contribution in [3.05, 3.63) is 53.1 Å². The number of rotatable bonds is 2. The first-order valence-corrected chi connectivity index (χ1v) is 7.01. The van der Waals surface area contributed by atoms with E-state index in [2.05, 4.69) is 0 Å². The molecule has 0 spiro atoms. The van der Waals surface area contributed by atoms with Crippen molar-refractivity contribution >= 4 is 39.1 Å². The summed E-state index contributed by atoms with van der Waals surface area (Å²) in [6.07, 6.45) is 0. The molecule has 106 valence electrons. The lowest BCUT2D eigenvalue weighted by atomic mass is 9.96. The summed E-state index contributed by atoms with van der Waals surface area (Å²) in [5.41, 5.74) is 0.183. The molecule has 0 atom stereocenters. The number of esters is 1. The average Bonchev–Trinajstić information content (AvgIpc) is 2.48. The van der Waals surface area contributed by atoms with E-state index in [-0.39, 0.29) is 17.9 Å². The van der Waals surface area contributed by atoms with E-state index in [9.17, 15) is 9.90 Å². The van der Waals surface area contributed by atoms with E-state index in [1.807, 2.05) is 24.3 Å². The van der Waals surface area contributed by atoms with Gasteiger partial charge in [0.05, 0.1) is 6.61 Å². The third-order valence-electron chi connectivity index (χ3n) is 3.44. The molecule has 0 unspecified atom stereocenters. The van der Waals surface area contributed by atoms with Gasteiger partial charge in [0, 0.05) is 15.8 Å². The van der Waals surface area contributed by atoms with Gasteiger partial charge in [0.1, 0.15) is 11.3 Å². The van der Waals surface area contributed by atoms with Gasteiger partial charge in [-0.1, -0.05) is 41.9 Å². The van der Waals surface area contributed by atoms with Gasteiger partial charge < -0.3 is 9.84 Å². The second kappa shape index (κ2) is 5.26. The maximum Gasteiger partial charge on any atom is 0.342 e. The molecule has 3 nitrogen and oxygen atoms in total. The fraction of sp³-hybridized carbons (Fsp3) is 0.118. The van der Waals surface area contributed by atoms with Crippen LogP contribution in [-0.2, 0) is 4.74 Å². The average molecular weight is 301 g/mol. The number of benzene rings is 3. The van der Waals surface area contributed by atoms with Crippen molar-refractivity contribution in [1.29, 1.82) is 0 Å². The molecule has 21 heavy (non-hydrogen) atoms. The predicted molar refractivity (Wildman–Crippen MR) is 84.1 cm³/mol. The lowest BCUT2D eigenvalue weighted by Gasteiger charge is -2.12. The fourth-order valence-electron chi connectivity index (χ4n) is 2.56. The van der Waals surface area contributed by atoms with Gasteiger partial charge in [-0.15, -0.1) is 0 Å². The van der Waals surface area contributed by atoms with Gasteiger partial charge in [0.25, 0.3) is 0 Å². The van der Waals surface area contributed by atoms with Crippen LogP contribution in [-0.4, -0.2) is 17.7 Å². The van der Waals surface area contributed by atoms with Crippen LogP contribution in [0.15, 0.2) is 42.5 Å². The Morgan fingerprint density at radius 3 is 2.48 bits per heavy atom. The smallest absolute Gasteiger partial charge is 0.342 e. The molecule has 3 aromatic rings. The van der Waals surface area contributed by atoms with Crippen LogP contribution < -0.4 is 0 Å². The molecule has 0 bridgehead atoms. The zero-order valence-electron chi connectivity index (χ0n) is 11.4. The van der Waals surface area contributed by atoms with E-state index in [4.69, 9.17) is 16.3 Å². The highest BCUT2D eigenvalue weighted by molar-refractivity contribution is 6.32. The molecule has 0 aliphatic carbocycles. The maximum atomic E-state index is 12.2. The predicted octanol–water partition coefficient (Wildman–Crippen LogP) is 4.53. The topological polar surface area (TPSA) is 46.5 Å². The van der Waals surface area contributed by atoms with E-state index in [1.54, 1.807) is 25.1 Å².